The monoisotopic (exact) mass is 365 g/mol. The van der Waals surface area contributed by atoms with E-state index in [1.807, 2.05) is 11.9 Å². The minimum Gasteiger partial charge on any atom is -0.372 e. The molecule has 1 fully saturated rings. The van der Waals surface area contributed by atoms with Crippen LogP contribution < -0.4 is 10.2 Å². The van der Waals surface area contributed by atoms with Gasteiger partial charge >= 0.3 is 6.18 Å². The van der Waals surface area contributed by atoms with E-state index in [-0.39, 0.29) is 0 Å². The molecule has 0 atom stereocenters. The first-order valence-electron chi connectivity index (χ1n) is 6.89. The van der Waals surface area contributed by atoms with Gasteiger partial charge in [-0.25, -0.2) is 0 Å². The van der Waals surface area contributed by atoms with E-state index in [2.05, 4.69) is 26.1 Å². The van der Waals surface area contributed by atoms with E-state index >= 15 is 0 Å². The minimum atomic E-state index is -4.31. The maximum absolute atomic E-state index is 12.6. The fourth-order valence-corrected chi connectivity index (χ4v) is 3.02. The Bertz CT molecular complexity index is 473. The molecule has 3 nitrogen and oxygen atoms in total. The smallest absolute Gasteiger partial charge is 0.372 e. The highest BCUT2D eigenvalue weighted by Gasteiger charge is 2.31. The zero-order valence-corrected chi connectivity index (χ0v) is 13.5. The molecule has 0 spiro atoms. The predicted molar refractivity (Wildman–Crippen MR) is 81.7 cm³/mol. The van der Waals surface area contributed by atoms with Crippen molar-refractivity contribution in [2.24, 2.45) is 0 Å². The van der Waals surface area contributed by atoms with Gasteiger partial charge in [-0.15, -0.1) is 0 Å². The molecule has 1 aromatic carbocycles. The Hall–Kier alpha value is -0.790. The van der Waals surface area contributed by atoms with Crippen molar-refractivity contribution < 1.29 is 13.2 Å². The van der Waals surface area contributed by atoms with Gasteiger partial charge in [-0.2, -0.15) is 13.2 Å². The third-order valence-electron chi connectivity index (χ3n) is 3.65. The maximum atomic E-state index is 12.6. The molecular weight excluding hydrogens is 347 g/mol. The second-order valence-corrected chi connectivity index (χ2v) is 6.03. The number of nitrogens with zero attached hydrogens (tertiary/aromatic N) is 2. The Labute approximate surface area is 131 Å². The molecular formula is C14H19BrF3N3. The number of halogens is 4. The molecule has 0 saturated carbocycles. The van der Waals surface area contributed by atoms with Crippen LogP contribution >= 0.6 is 15.9 Å². The zero-order valence-electron chi connectivity index (χ0n) is 11.9. The molecule has 1 aliphatic heterocycles. The molecule has 0 radical (unpaired) electrons. The summed E-state index contributed by atoms with van der Waals surface area (Å²) in [5.41, 5.74) is 0.145. The molecule has 0 unspecified atom stereocenters. The van der Waals surface area contributed by atoms with Crippen LogP contribution in [0.3, 0.4) is 0 Å². The maximum Gasteiger partial charge on any atom is 0.416 e. The van der Waals surface area contributed by atoms with Crippen molar-refractivity contribution in [3.63, 3.8) is 0 Å². The summed E-state index contributed by atoms with van der Waals surface area (Å²) in [6.45, 7) is 5.71. The van der Waals surface area contributed by atoms with Crippen LogP contribution in [-0.2, 0) is 6.18 Å². The van der Waals surface area contributed by atoms with Crippen molar-refractivity contribution in [1.82, 2.24) is 10.2 Å². The Kier molecular flexibility index (Phi) is 5.51. The number of likely N-dealkylation sites (N-methyl/N-ethyl adjacent to an activating group) is 1. The van der Waals surface area contributed by atoms with Crippen molar-refractivity contribution in [2.45, 2.75) is 6.18 Å². The lowest BCUT2D eigenvalue weighted by molar-refractivity contribution is -0.137. The fourth-order valence-electron chi connectivity index (χ4n) is 2.34. The van der Waals surface area contributed by atoms with Gasteiger partial charge in [0.15, 0.2) is 0 Å². The van der Waals surface area contributed by atoms with Crippen molar-refractivity contribution in [2.75, 3.05) is 51.2 Å². The van der Waals surface area contributed by atoms with Crippen molar-refractivity contribution in [1.29, 1.82) is 0 Å². The van der Waals surface area contributed by atoms with Crippen LogP contribution in [0.4, 0.5) is 18.9 Å². The molecule has 21 heavy (non-hydrogen) atoms. The van der Waals surface area contributed by atoms with Gasteiger partial charge in [0, 0.05) is 50.8 Å². The molecule has 1 aliphatic rings. The van der Waals surface area contributed by atoms with Crippen LogP contribution in [0.1, 0.15) is 5.56 Å². The van der Waals surface area contributed by atoms with Gasteiger partial charge in [-0.1, -0.05) is 0 Å². The Morgan fingerprint density at radius 3 is 2.52 bits per heavy atom. The second-order valence-electron chi connectivity index (χ2n) is 5.18. The summed E-state index contributed by atoms with van der Waals surface area (Å²) in [6, 6.07) is 3.78. The van der Waals surface area contributed by atoms with E-state index in [4.69, 9.17) is 0 Å². The molecule has 118 valence electrons. The number of hydrogen-bond acceptors (Lipinski definition) is 3. The van der Waals surface area contributed by atoms with Crippen molar-refractivity contribution >= 4 is 21.6 Å². The molecule has 0 bridgehead atoms. The standard InChI is InChI=1S/C14H19BrF3N3/c1-20(8-9-21-6-4-19-5-7-21)13-3-2-11(10-12(13)15)14(16,17)18/h2-3,10,19H,4-9H2,1H3. The number of hydrogen-bond donors (Lipinski definition) is 1. The fraction of sp³-hybridized carbons (Fsp3) is 0.571. The van der Waals surface area contributed by atoms with Crippen LogP contribution in [0.5, 0.6) is 0 Å². The van der Waals surface area contributed by atoms with Gasteiger partial charge in [0.05, 0.1) is 11.3 Å². The van der Waals surface area contributed by atoms with Crippen LogP contribution in [0, 0.1) is 0 Å². The second kappa shape index (κ2) is 6.98. The molecule has 1 saturated heterocycles. The van der Waals surface area contributed by atoms with E-state index in [1.54, 1.807) is 0 Å². The Morgan fingerprint density at radius 2 is 1.95 bits per heavy atom. The SMILES string of the molecule is CN(CCN1CCNCC1)c1ccc(C(F)(F)F)cc1Br. The van der Waals surface area contributed by atoms with E-state index in [0.717, 1.165) is 57.1 Å². The number of alkyl halides is 3. The van der Waals surface area contributed by atoms with Gasteiger partial charge in [0.2, 0.25) is 0 Å². The highest BCUT2D eigenvalue weighted by Crippen LogP contribution is 2.34. The highest BCUT2D eigenvalue weighted by atomic mass is 79.9. The van der Waals surface area contributed by atoms with Gasteiger partial charge in [-0.3, -0.25) is 4.90 Å². The molecule has 1 heterocycles. The van der Waals surface area contributed by atoms with Crippen LogP contribution in [-0.4, -0.2) is 51.2 Å². The lowest BCUT2D eigenvalue weighted by Crippen LogP contribution is -2.46. The summed E-state index contributed by atoms with van der Waals surface area (Å²) >= 11 is 3.24. The quantitative estimate of drug-likeness (QED) is 0.884. The lowest BCUT2D eigenvalue weighted by atomic mass is 10.2. The number of nitrogens with one attached hydrogen (secondary N) is 1. The van der Waals surface area contributed by atoms with Crippen LogP contribution in [0.25, 0.3) is 0 Å². The minimum absolute atomic E-state index is 0.472. The average Bonchev–Trinajstić information content (AvgIpc) is 2.45. The molecule has 7 heteroatoms. The largest absolute Gasteiger partial charge is 0.416 e. The first-order valence-corrected chi connectivity index (χ1v) is 7.68. The number of rotatable bonds is 4. The summed E-state index contributed by atoms with van der Waals surface area (Å²) in [7, 11) is 1.90. The number of benzene rings is 1. The summed E-state index contributed by atoms with van der Waals surface area (Å²) < 4.78 is 38.4. The number of piperazine rings is 1. The van der Waals surface area contributed by atoms with Crippen molar-refractivity contribution in [3.8, 4) is 0 Å². The lowest BCUT2D eigenvalue weighted by Gasteiger charge is -2.30. The zero-order chi connectivity index (χ0) is 15.5. The molecule has 0 amide bonds. The third-order valence-corrected chi connectivity index (χ3v) is 4.28. The van der Waals surface area contributed by atoms with E-state index in [1.165, 1.54) is 6.07 Å². The molecule has 1 N–H and O–H groups in total. The average molecular weight is 366 g/mol. The third kappa shape index (κ3) is 4.59. The first kappa shape index (κ1) is 16.6. The summed E-state index contributed by atoms with van der Waals surface area (Å²) in [5.74, 6) is 0. The van der Waals surface area contributed by atoms with Gasteiger partial charge in [0.25, 0.3) is 0 Å². The Balaban J connectivity index is 1.97. The van der Waals surface area contributed by atoms with Crippen LogP contribution in [0.2, 0.25) is 0 Å². The molecule has 0 aromatic heterocycles. The van der Waals surface area contributed by atoms with Gasteiger partial charge < -0.3 is 10.2 Å². The summed E-state index contributed by atoms with van der Waals surface area (Å²) in [4.78, 5) is 4.33. The van der Waals surface area contributed by atoms with E-state index in [0.29, 0.717) is 4.47 Å². The Morgan fingerprint density at radius 1 is 1.29 bits per heavy atom. The molecule has 1 aromatic rings. The summed E-state index contributed by atoms with van der Waals surface area (Å²) in [6.07, 6.45) is -4.31. The van der Waals surface area contributed by atoms with Gasteiger partial charge in [-0.05, 0) is 34.1 Å². The normalized spacial score (nSPS) is 17.0. The topological polar surface area (TPSA) is 18.5 Å². The van der Waals surface area contributed by atoms with Crippen molar-refractivity contribution in [3.05, 3.63) is 28.2 Å². The van der Waals surface area contributed by atoms with Gasteiger partial charge in [0.1, 0.15) is 0 Å². The molecule has 0 aliphatic carbocycles. The molecule has 2 rings (SSSR count). The highest BCUT2D eigenvalue weighted by molar-refractivity contribution is 9.10. The van der Waals surface area contributed by atoms with E-state index < -0.39 is 11.7 Å². The first-order chi connectivity index (χ1) is 9.88. The van der Waals surface area contributed by atoms with E-state index in [9.17, 15) is 13.2 Å². The predicted octanol–water partition coefficient (Wildman–Crippen LogP) is 2.81. The van der Waals surface area contributed by atoms with Crippen LogP contribution in [0.15, 0.2) is 22.7 Å². The number of anilines is 1. The summed E-state index contributed by atoms with van der Waals surface area (Å²) in [5, 5.41) is 3.29.